The van der Waals surface area contributed by atoms with Crippen molar-refractivity contribution in [2.24, 2.45) is 0 Å². The maximum absolute atomic E-state index is 14.2. The number of carbonyl (C=O) groups excluding carboxylic acids is 1. The van der Waals surface area contributed by atoms with Crippen molar-refractivity contribution in [3.05, 3.63) is 89.4 Å². The fraction of sp³-hybridized carbons (Fsp3) is 0.286. The van der Waals surface area contributed by atoms with Crippen molar-refractivity contribution < 1.29 is 18.3 Å². The monoisotopic (exact) mass is 477 g/mol. The van der Waals surface area contributed by atoms with Gasteiger partial charge in [-0.2, -0.15) is 5.10 Å². The molecule has 0 fully saturated rings. The number of ether oxygens (including phenoxy) is 1. The number of benzene rings is 3. The molecule has 5 nitrogen and oxygen atoms in total. The average molecular weight is 478 g/mol. The standard InChI is InChI=1S/C28H29F2N3O2/c1-17-6-7-18(2)24(14-17)26(19(3)32-27(34)28(4,5)30)35-23-12-13-25-20(15-23)16-31-33(25)22-10-8-21(29)9-11-22/h6-16,19,26H,1-5H3,(H,32,34)/t19-,26+/m0/s1. The first kappa shape index (κ1) is 24.4. The molecule has 0 bridgehead atoms. The molecule has 0 aliphatic heterocycles. The van der Waals surface area contributed by atoms with Crippen molar-refractivity contribution in [3.8, 4) is 11.4 Å². The van der Waals surface area contributed by atoms with E-state index in [9.17, 15) is 13.6 Å². The van der Waals surface area contributed by atoms with E-state index in [-0.39, 0.29) is 5.82 Å². The zero-order chi connectivity index (χ0) is 25.3. The van der Waals surface area contributed by atoms with Crippen LogP contribution < -0.4 is 10.1 Å². The minimum absolute atomic E-state index is 0.309. The first-order valence-corrected chi connectivity index (χ1v) is 11.5. The number of halogens is 2. The highest BCUT2D eigenvalue weighted by molar-refractivity contribution is 5.84. The lowest BCUT2D eigenvalue weighted by Gasteiger charge is -2.29. The van der Waals surface area contributed by atoms with Crippen molar-refractivity contribution in [1.29, 1.82) is 0 Å². The molecular formula is C28H29F2N3O2. The van der Waals surface area contributed by atoms with E-state index < -0.39 is 23.7 Å². The number of aryl methyl sites for hydroxylation is 2. The van der Waals surface area contributed by atoms with Gasteiger partial charge in [-0.3, -0.25) is 4.79 Å². The molecule has 0 aliphatic rings. The van der Waals surface area contributed by atoms with Crippen LogP contribution in [0.3, 0.4) is 0 Å². The number of amides is 1. The first-order valence-electron chi connectivity index (χ1n) is 11.5. The number of nitrogens with one attached hydrogen (secondary N) is 1. The summed E-state index contributed by atoms with van der Waals surface area (Å²) in [5.41, 5.74) is 2.55. The second-order valence-corrected chi connectivity index (χ2v) is 9.39. The van der Waals surface area contributed by atoms with Crippen LogP contribution in [-0.2, 0) is 4.79 Å². The highest BCUT2D eigenvalue weighted by Gasteiger charge is 2.32. The predicted molar refractivity (Wildman–Crippen MR) is 133 cm³/mol. The fourth-order valence-electron chi connectivity index (χ4n) is 3.97. The lowest BCUT2D eigenvalue weighted by atomic mass is 9.96. The lowest BCUT2D eigenvalue weighted by molar-refractivity contribution is -0.132. The summed E-state index contributed by atoms with van der Waals surface area (Å²) in [5, 5.41) is 8.05. The summed E-state index contributed by atoms with van der Waals surface area (Å²) < 4.78 is 35.7. The van der Waals surface area contributed by atoms with E-state index in [1.54, 1.807) is 29.9 Å². The molecule has 1 N–H and O–H groups in total. The molecule has 2 atom stereocenters. The van der Waals surface area contributed by atoms with Crippen molar-refractivity contribution in [2.75, 3.05) is 0 Å². The number of nitrogens with zero attached hydrogens (tertiary/aromatic N) is 2. The van der Waals surface area contributed by atoms with Gasteiger partial charge in [-0.25, -0.2) is 13.5 Å². The number of alkyl halides is 1. The van der Waals surface area contributed by atoms with Crippen LogP contribution in [0.1, 0.15) is 43.6 Å². The van der Waals surface area contributed by atoms with Gasteiger partial charge in [-0.05, 0) is 88.2 Å². The Kier molecular flexibility index (Phi) is 6.61. The Morgan fingerprint density at radius 1 is 1.06 bits per heavy atom. The third kappa shape index (κ3) is 5.34. The van der Waals surface area contributed by atoms with Crippen LogP contribution in [0.5, 0.6) is 5.75 Å². The van der Waals surface area contributed by atoms with E-state index >= 15 is 0 Å². The van der Waals surface area contributed by atoms with Gasteiger partial charge in [0.1, 0.15) is 17.7 Å². The van der Waals surface area contributed by atoms with Crippen LogP contribution in [0.15, 0.2) is 66.9 Å². The molecule has 1 amide bonds. The predicted octanol–water partition coefficient (Wildman–Crippen LogP) is 6.15. The molecule has 182 valence electrons. The minimum Gasteiger partial charge on any atom is -0.484 e. The number of hydrogen-bond donors (Lipinski definition) is 1. The SMILES string of the molecule is Cc1ccc(C)c([C@H](Oc2ccc3c(cnn3-c3ccc(F)cc3)c2)[C@H](C)NC(=O)C(C)(C)F)c1. The Morgan fingerprint density at radius 3 is 2.46 bits per heavy atom. The van der Waals surface area contributed by atoms with Crippen molar-refractivity contribution >= 4 is 16.8 Å². The molecule has 1 heterocycles. The maximum atomic E-state index is 14.2. The summed E-state index contributed by atoms with van der Waals surface area (Å²) in [6.45, 7) is 8.24. The second kappa shape index (κ2) is 9.49. The molecule has 0 saturated heterocycles. The number of fused-ring (bicyclic) bond motifs is 1. The van der Waals surface area contributed by atoms with Gasteiger partial charge in [0.05, 0.1) is 23.4 Å². The Balaban J connectivity index is 1.68. The van der Waals surface area contributed by atoms with Gasteiger partial charge < -0.3 is 10.1 Å². The fourth-order valence-corrected chi connectivity index (χ4v) is 3.97. The molecule has 1 aromatic heterocycles. The van der Waals surface area contributed by atoms with E-state index in [2.05, 4.69) is 10.4 Å². The normalized spacial score (nSPS) is 13.5. The molecule has 7 heteroatoms. The summed E-state index contributed by atoms with van der Waals surface area (Å²) in [4.78, 5) is 12.4. The molecule has 3 aromatic carbocycles. The Bertz CT molecular complexity index is 1360. The molecule has 4 aromatic rings. The summed E-state index contributed by atoms with van der Waals surface area (Å²) in [5.74, 6) is -0.418. The molecular weight excluding hydrogens is 448 g/mol. The summed E-state index contributed by atoms with van der Waals surface area (Å²) in [6.07, 6.45) is 1.17. The number of hydrogen-bond acceptors (Lipinski definition) is 3. The van der Waals surface area contributed by atoms with Crippen LogP contribution >= 0.6 is 0 Å². The van der Waals surface area contributed by atoms with Crippen molar-refractivity contribution in [1.82, 2.24) is 15.1 Å². The van der Waals surface area contributed by atoms with E-state index in [0.717, 1.165) is 33.3 Å². The largest absolute Gasteiger partial charge is 0.484 e. The van der Waals surface area contributed by atoms with Crippen molar-refractivity contribution in [3.63, 3.8) is 0 Å². The molecule has 0 saturated carbocycles. The van der Waals surface area contributed by atoms with Crippen LogP contribution in [0.2, 0.25) is 0 Å². The molecule has 4 rings (SSSR count). The maximum Gasteiger partial charge on any atom is 0.257 e. The lowest BCUT2D eigenvalue weighted by Crippen LogP contribution is -2.46. The van der Waals surface area contributed by atoms with Gasteiger partial charge in [0.15, 0.2) is 5.67 Å². The number of rotatable bonds is 7. The van der Waals surface area contributed by atoms with E-state index in [1.807, 2.05) is 50.2 Å². The third-order valence-corrected chi connectivity index (χ3v) is 5.97. The van der Waals surface area contributed by atoms with Gasteiger partial charge in [0.2, 0.25) is 0 Å². The summed E-state index contributed by atoms with van der Waals surface area (Å²) in [7, 11) is 0. The Hall–Kier alpha value is -3.74. The zero-order valence-electron chi connectivity index (χ0n) is 20.5. The van der Waals surface area contributed by atoms with E-state index in [1.165, 1.54) is 26.0 Å². The quantitative estimate of drug-likeness (QED) is 0.347. The Morgan fingerprint density at radius 2 is 1.77 bits per heavy atom. The van der Waals surface area contributed by atoms with Gasteiger partial charge in [-0.15, -0.1) is 0 Å². The molecule has 0 aliphatic carbocycles. The number of aromatic nitrogens is 2. The highest BCUT2D eigenvalue weighted by Crippen LogP contribution is 2.31. The molecule has 0 unspecified atom stereocenters. The van der Waals surface area contributed by atoms with Crippen LogP contribution in [0.4, 0.5) is 8.78 Å². The van der Waals surface area contributed by atoms with Crippen LogP contribution in [0, 0.1) is 19.7 Å². The van der Waals surface area contributed by atoms with Crippen LogP contribution in [0.25, 0.3) is 16.6 Å². The van der Waals surface area contributed by atoms with Crippen molar-refractivity contribution in [2.45, 2.75) is 52.4 Å². The van der Waals surface area contributed by atoms with Gasteiger partial charge in [0, 0.05) is 5.39 Å². The smallest absolute Gasteiger partial charge is 0.257 e. The van der Waals surface area contributed by atoms with Gasteiger partial charge >= 0.3 is 0 Å². The average Bonchev–Trinajstić information content (AvgIpc) is 3.22. The molecule has 0 spiro atoms. The van der Waals surface area contributed by atoms with Crippen LogP contribution in [-0.4, -0.2) is 27.4 Å². The van der Waals surface area contributed by atoms with Gasteiger partial charge in [0.25, 0.3) is 5.91 Å². The minimum atomic E-state index is -2.01. The van der Waals surface area contributed by atoms with E-state index in [0.29, 0.717) is 5.75 Å². The first-order chi connectivity index (χ1) is 16.5. The highest BCUT2D eigenvalue weighted by atomic mass is 19.1. The summed E-state index contributed by atoms with van der Waals surface area (Å²) in [6, 6.07) is 17.2. The second-order valence-electron chi connectivity index (χ2n) is 9.39. The van der Waals surface area contributed by atoms with E-state index in [4.69, 9.17) is 4.74 Å². The topological polar surface area (TPSA) is 56.1 Å². The summed E-state index contributed by atoms with van der Waals surface area (Å²) >= 11 is 0. The Labute approximate surface area is 203 Å². The molecule has 35 heavy (non-hydrogen) atoms. The van der Waals surface area contributed by atoms with Gasteiger partial charge in [-0.1, -0.05) is 23.8 Å². The molecule has 0 radical (unpaired) electrons. The third-order valence-electron chi connectivity index (χ3n) is 5.97. The zero-order valence-corrected chi connectivity index (χ0v) is 20.5. The number of carbonyl (C=O) groups is 1.